The number of halogens is 1. The van der Waals surface area contributed by atoms with Crippen LogP contribution in [0.2, 0.25) is 5.02 Å². The molecule has 1 amide bonds. The van der Waals surface area contributed by atoms with Crippen molar-refractivity contribution < 1.29 is 9.21 Å². The highest BCUT2D eigenvalue weighted by Gasteiger charge is 2.24. The van der Waals surface area contributed by atoms with Gasteiger partial charge in [-0.3, -0.25) is 9.69 Å². The van der Waals surface area contributed by atoms with E-state index in [9.17, 15) is 4.79 Å². The molecule has 1 unspecified atom stereocenters. The van der Waals surface area contributed by atoms with Gasteiger partial charge in [0.15, 0.2) is 0 Å². The number of hydrogen-bond donors (Lipinski definition) is 1. The molecule has 0 radical (unpaired) electrons. The first-order chi connectivity index (χ1) is 11.8. The van der Waals surface area contributed by atoms with Gasteiger partial charge in [-0.1, -0.05) is 36.6 Å². The van der Waals surface area contributed by atoms with E-state index in [1.165, 1.54) is 25.7 Å². The van der Waals surface area contributed by atoms with Crippen LogP contribution >= 0.6 is 11.6 Å². The first kappa shape index (κ1) is 17.1. The van der Waals surface area contributed by atoms with E-state index in [0.717, 1.165) is 18.8 Å². The van der Waals surface area contributed by atoms with Crippen LogP contribution in [0.15, 0.2) is 47.1 Å². The summed E-state index contributed by atoms with van der Waals surface area (Å²) < 4.78 is 5.63. The zero-order valence-electron chi connectivity index (χ0n) is 13.7. The number of hydrogen-bond acceptors (Lipinski definition) is 3. The molecule has 0 aliphatic carbocycles. The van der Waals surface area contributed by atoms with Crippen molar-refractivity contribution in [3.63, 3.8) is 0 Å². The Kier molecular flexibility index (Phi) is 5.94. The lowest BCUT2D eigenvalue weighted by Gasteiger charge is -2.29. The topological polar surface area (TPSA) is 45.5 Å². The van der Waals surface area contributed by atoms with Crippen molar-refractivity contribution in [2.45, 2.75) is 31.7 Å². The third-order valence-corrected chi connectivity index (χ3v) is 4.86. The number of benzene rings is 1. The molecule has 1 aliphatic heterocycles. The maximum absolute atomic E-state index is 12.4. The predicted octanol–water partition coefficient (Wildman–Crippen LogP) is 4.28. The smallest absolute Gasteiger partial charge is 0.252 e. The maximum Gasteiger partial charge on any atom is 0.252 e. The highest BCUT2D eigenvalue weighted by atomic mass is 35.5. The molecule has 2 aromatic rings. The van der Waals surface area contributed by atoms with E-state index in [4.69, 9.17) is 16.0 Å². The number of rotatable bonds is 5. The first-order valence-electron chi connectivity index (χ1n) is 8.56. The van der Waals surface area contributed by atoms with Crippen molar-refractivity contribution in [1.29, 1.82) is 0 Å². The molecule has 1 aromatic carbocycles. The van der Waals surface area contributed by atoms with E-state index in [0.29, 0.717) is 17.1 Å². The van der Waals surface area contributed by atoms with Gasteiger partial charge in [-0.05, 0) is 50.2 Å². The van der Waals surface area contributed by atoms with Crippen molar-refractivity contribution in [2.24, 2.45) is 0 Å². The van der Waals surface area contributed by atoms with Gasteiger partial charge in [-0.15, -0.1) is 0 Å². The predicted molar refractivity (Wildman–Crippen MR) is 95.3 cm³/mol. The highest BCUT2D eigenvalue weighted by molar-refractivity contribution is 6.33. The summed E-state index contributed by atoms with van der Waals surface area (Å²) in [5.74, 6) is 0.753. The molecule has 24 heavy (non-hydrogen) atoms. The van der Waals surface area contributed by atoms with Crippen molar-refractivity contribution in [3.8, 4) is 0 Å². The van der Waals surface area contributed by atoms with Crippen LogP contribution in [-0.4, -0.2) is 30.4 Å². The SMILES string of the molecule is O=C(NCC(c1ccco1)N1CCCCCC1)c1ccccc1Cl. The van der Waals surface area contributed by atoms with Crippen LogP contribution in [-0.2, 0) is 0 Å². The summed E-state index contributed by atoms with van der Waals surface area (Å²) in [6.07, 6.45) is 6.61. The molecule has 1 atom stereocenters. The van der Waals surface area contributed by atoms with Crippen LogP contribution in [0, 0.1) is 0 Å². The van der Waals surface area contributed by atoms with E-state index >= 15 is 0 Å². The van der Waals surface area contributed by atoms with Gasteiger partial charge in [0.25, 0.3) is 5.91 Å². The van der Waals surface area contributed by atoms with Gasteiger partial charge in [0, 0.05) is 6.54 Å². The molecule has 1 N–H and O–H groups in total. The third kappa shape index (κ3) is 4.19. The van der Waals surface area contributed by atoms with Crippen molar-refractivity contribution in [2.75, 3.05) is 19.6 Å². The van der Waals surface area contributed by atoms with Gasteiger partial charge in [0.05, 0.1) is 22.9 Å². The highest BCUT2D eigenvalue weighted by Crippen LogP contribution is 2.24. The lowest BCUT2D eigenvalue weighted by atomic mass is 10.1. The number of furan rings is 1. The maximum atomic E-state index is 12.4. The van der Waals surface area contributed by atoms with Gasteiger partial charge < -0.3 is 9.73 Å². The second-order valence-electron chi connectivity index (χ2n) is 6.17. The monoisotopic (exact) mass is 346 g/mol. The summed E-state index contributed by atoms with van der Waals surface area (Å²) >= 11 is 6.11. The molecule has 1 aromatic heterocycles. The molecule has 128 valence electrons. The van der Waals surface area contributed by atoms with Crippen LogP contribution < -0.4 is 5.32 Å². The zero-order chi connectivity index (χ0) is 16.8. The Balaban J connectivity index is 1.70. The van der Waals surface area contributed by atoms with E-state index in [-0.39, 0.29) is 11.9 Å². The van der Waals surface area contributed by atoms with E-state index < -0.39 is 0 Å². The number of carbonyl (C=O) groups is 1. The quantitative estimate of drug-likeness (QED) is 0.878. The molecule has 1 fully saturated rings. The molecule has 1 saturated heterocycles. The third-order valence-electron chi connectivity index (χ3n) is 4.53. The standard InChI is InChI=1S/C19H23ClN2O2/c20-16-9-4-3-8-15(16)19(23)21-14-17(18-10-7-13-24-18)22-11-5-1-2-6-12-22/h3-4,7-10,13,17H,1-2,5-6,11-12,14H2,(H,21,23). The largest absolute Gasteiger partial charge is 0.468 e. The summed E-state index contributed by atoms with van der Waals surface area (Å²) in [6.45, 7) is 2.58. The van der Waals surface area contributed by atoms with Crippen LogP contribution in [0.3, 0.4) is 0 Å². The fourth-order valence-corrected chi connectivity index (χ4v) is 3.45. The molecule has 3 rings (SSSR count). The molecule has 1 aliphatic rings. The van der Waals surface area contributed by atoms with Gasteiger partial charge in [-0.2, -0.15) is 0 Å². The van der Waals surface area contributed by atoms with Crippen LogP contribution in [0.5, 0.6) is 0 Å². The van der Waals surface area contributed by atoms with Gasteiger partial charge in [0.1, 0.15) is 5.76 Å². The first-order valence-corrected chi connectivity index (χ1v) is 8.93. The van der Waals surface area contributed by atoms with E-state index in [1.54, 1.807) is 18.4 Å². The molecule has 0 spiro atoms. The molecule has 4 nitrogen and oxygen atoms in total. The minimum absolute atomic E-state index is 0.0598. The van der Waals surface area contributed by atoms with E-state index in [1.807, 2.05) is 24.3 Å². The Labute approximate surface area is 147 Å². The summed E-state index contributed by atoms with van der Waals surface area (Å²) in [4.78, 5) is 14.9. The summed E-state index contributed by atoms with van der Waals surface area (Å²) in [7, 11) is 0. The average Bonchev–Trinajstić information content (AvgIpc) is 2.98. The molecular formula is C19H23ClN2O2. The fourth-order valence-electron chi connectivity index (χ4n) is 3.23. The molecule has 5 heteroatoms. The number of nitrogens with one attached hydrogen (secondary N) is 1. The van der Waals surface area contributed by atoms with E-state index in [2.05, 4.69) is 10.2 Å². The van der Waals surface area contributed by atoms with Crippen molar-refractivity contribution in [3.05, 3.63) is 59.0 Å². The van der Waals surface area contributed by atoms with Gasteiger partial charge in [-0.25, -0.2) is 0 Å². The van der Waals surface area contributed by atoms with Gasteiger partial charge in [0.2, 0.25) is 0 Å². The number of amides is 1. The normalized spacial score (nSPS) is 17.2. The van der Waals surface area contributed by atoms with Crippen LogP contribution in [0.4, 0.5) is 0 Å². The Morgan fingerprint density at radius 3 is 2.54 bits per heavy atom. The molecular weight excluding hydrogens is 324 g/mol. The minimum atomic E-state index is -0.146. The summed E-state index contributed by atoms with van der Waals surface area (Å²) in [5.41, 5.74) is 0.508. The molecule has 0 bridgehead atoms. The summed E-state index contributed by atoms with van der Waals surface area (Å²) in [6, 6.07) is 11.1. The van der Waals surface area contributed by atoms with Crippen LogP contribution in [0.1, 0.15) is 47.8 Å². The Morgan fingerprint density at radius 1 is 1.12 bits per heavy atom. The second-order valence-corrected chi connectivity index (χ2v) is 6.58. The Morgan fingerprint density at radius 2 is 1.88 bits per heavy atom. The minimum Gasteiger partial charge on any atom is -0.468 e. The average molecular weight is 347 g/mol. The van der Waals surface area contributed by atoms with Gasteiger partial charge >= 0.3 is 0 Å². The lowest BCUT2D eigenvalue weighted by Crippen LogP contribution is -2.38. The van der Waals surface area contributed by atoms with Crippen molar-refractivity contribution >= 4 is 17.5 Å². The zero-order valence-corrected chi connectivity index (χ0v) is 14.5. The number of likely N-dealkylation sites (tertiary alicyclic amines) is 1. The van der Waals surface area contributed by atoms with Crippen molar-refractivity contribution in [1.82, 2.24) is 10.2 Å². The number of nitrogens with zero attached hydrogens (tertiary/aromatic N) is 1. The fraction of sp³-hybridized carbons (Fsp3) is 0.421. The molecule has 0 saturated carbocycles. The lowest BCUT2D eigenvalue weighted by molar-refractivity contribution is 0.0927. The molecule has 2 heterocycles. The number of carbonyl (C=O) groups excluding carboxylic acids is 1. The van der Waals surface area contributed by atoms with Crippen LogP contribution in [0.25, 0.3) is 0 Å². The Hall–Kier alpha value is -1.78. The second kappa shape index (κ2) is 8.36. The Bertz CT molecular complexity index is 649. The summed E-state index contributed by atoms with van der Waals surface area (Å²) in [5, 5.41) is 3.49.